The maximum absolute atomic E-state index is 12.4. The van der Waals surface area contributed by atoms with Gasteiger partial charge in [-0.3, -0.25) is 4.79 Å². The molecule has 1 N–H and O–H groups in total. The Kier molecular flexibility index (Phi) is 5.51. The van der Waals surface area contributed by atoms with Gasteiger partial charge in [0, 0.05) is 31.6 Å². The second-order valence-electron chi connectivity index (χ2n) is 6.48. The van der Waals surface area contributed by atoms with E-state index in [1.165, 1.54) is 25.1 Å². The number of fused-ring (bicyclic) bond motifs is 3. The van der Waals surface area contributed by atoms with Crippen LogP contribution in [0, 0.1) is 0 Å². The van der Waals surface area contributed by atoms with E-state index in [-0.39, 0.29) is 5.91 Å². The van der Waals surface area contributed by atoms with Gasteiger partial charge in [0.1, 0.15) is 5.82 Å². The van der Waals surface area contributed by atoms with Crippen LogP contribution in [-0.2, 0) is 13.0 Å². The predicted octanol–water partition coefficient (Wildman–Crippen LogP) is 2.83. The molecule has 3 rings (SSSR count). The SMILES string of the molecule is CCN(CC)CCNC(=O)c1ccc2c(c1)nc1n2CCCCC1. The number of carbonyl (C=O) groups excluding carboxylic acids is 1. The number of imidazole rings is 1. The average Bonchev–Trinajstić information content (AvgIpc) is 2.78. The molecule has 1 aliphatic rings. The molecule has 1 aromatic heterocycles. The first kappa shape index (κ1) is 17.0. The number of nitrogens with zero attached hydrogens (tertiary/aromatic N) is 3. The van der Waals surface area contributed by atoms with Crippen LogP contribution in [0.3, 0.4) is 0 Å². The molecule has 5 nitrogen and oxygen atoms in total. The summed E-state index contributed by atoms with van der Waals surface area (Å²) in [6.07, 6.45) is 4.74. The Morgan fingerprint density at radius 3 is 2.88 bits per heavy atom. The van der Waals surface area contributed by atoms with Crippen molar-refractivity contribution >= 4 is 16.9 Å². The van der Waals surface area contributed by atoms with Gasteiger partial charge < -0.3 is 14.8 Å². The van der Waals surface area contributed by atoms with Crippen LogP contribution in [0.1, 0.15) is 49.3 Å². The normalized spacial score (nSPS) is 14.6. The number of hydrogen-bond donors (Lipinski definition) is 1. The van der Waals surface area contributed by atoms with Gasteiger partial charge in [-0.25, -0.2) is 4.98 Å². The molecule has 1 amide bonds. The zero-order valence-electron chi connectivity index (χ0n) is 14.8. The summed E-state index contributed by atoms with van der Waals surface area (Å²) >= 11 is 0. The lowest BCUT2D eigenvalue weighted by Gasteiger charge is -2.17. The third-order valence-electron chi connectivity index (χ3n) is 4.98. The van der Waals surface area contributed by atoms with Gasteiger partial charge >= 0.3 is 0 Å². The van der Waals surface area contributed by atoms with E-state index in [2.05, 4.69) is 34.7 Å². The molecule has 0 radical (unpaired) electrons. The van der Waals surface area contributed by atoms with Crippen molar-refractivity contribution in [2.45, 2.75) is 46.1 Å². The zero-order valence-corrected chi connectivity index (χ0v) is 14.8. The summed E-state index contributed by atoms with van der Waals surface area (Å²) in [4.78, 5) is 19.4. The number of nitrogens with one attached hydrogen (secondary N) is 1. The molecule has 2 heterocycles. The van der Waals surface area contributed by atoms with E-state index in [1.807, 2.05) is 12.1 Å². The maximum Gasteiger partial charge on any atom is 0.251 e. The summed E-state index contributed by atoms with van der Waals surface area (Å²) in [5.41, 5.74) is 2.81. The zero-order chi connectivity index (χ0) is 16.9. The van der Waals surface area contributed by atoms with Crippen molar-refractivity contribution in [1.82, 2.24) is 19.8 Å². The lowest BCUT2D eigenvalue weighted by molar-refractivity contribution is 0.0949. The fraction of sp³-hybridized carbons (Fsp3) is 0.579. The first-order valence-electron chi connectivity index (χ1n) is 9.22. The van der Waals surface area contributed by atoms with Crippen LogP contribution in [0.5, 0.6) is 0 Å². The third kappa shape index (κ3) is 3.61. The second-order valence-corrected chi connectivity index (χ2v) is 6.48. The van der Waals surface area contributed by atoms with Crippen LogP contribution in [-0.4, -0.2) is 46.5 Å². The van der Waals surface area contributed by atoms with Gasteiger partial charge in [0.25, 0.3) is 5.91 Å². The first-order chi connectivity index (χ1) is 11.7. The number of benzene rings is 1. The summed E-state index contributed by atoms with van der Waals surface area (Å²) in [7, 11) is 0. The third-order valence-corrected chi connectivity index (χ3v) is 4.98. The van der Waals surface area contributed by atoms with Gasteiger partial charge in [-0.2, -0.15) is 0 Å². The number of aryl methyl sites for hydroxylation is 2. The molecular formula is C19H28N4O. The van der Waals surface area contributed by atoms with Gasteiger partial charge in [0.2, 0.25) is 0 Å². The number of hydrogen-bond acceptors (Lipinski definition) is 3. The van der Waals surface area contributed by atoms with Crippen molar-refractivity contribution in [2.75, 3.05) is 26.2 Å². The first-order valence-corrected chi connectivity index (χ1v) is 9.22. The van der Waals surface area contributed by atoms with Crippen LogP contribution in [0.4, 0.5) is 0 Å². The molecule has 0 spiro atoms. The summed E-state index contributed by atoms with van der Waals surface area (Å²) in [5.74, 6) is 1.16. The second kappa shape index (κ2) is 7.79. The van der Waals surface area contributed by atoms with Gasteiger partial charge in [0.15, 0.2) is 0 Å². The molecule has 0 saturated heterocycles. The highest BCUT2D eigenvalue weighted by molar-refractivity contribution is 5.97. The Balaban J connectivity index is 1.70. The molecule has 1 aliphatic heterocycles. The summed E-state index contributed by atoms with van der Waals surface area (Å²) in [5, 5.41) is 3.02. The van der Waals surface area contributed by atoms with Crippen molar-refractivity contribution in [3.63, 3.8) is 0 Å². The standard InChI is InChI=1S/C19H28N4O/c1-3-22(4-2)13-11-20-19(24)15-9-10-17-16(14-15)21-18-8-6-5-7-12-23(17)18/h9-10,14H,3-8,11-13H2,1-2H3,(H,20,24). The summed E-state index contributed by atoms with van der Waals surface area (Å²) < 4.78 is 2.32. The number of likely N-dealkylation sites (N-methyl/N-ethyl adjacent to an activating group) is 1. The van der Waals surface area contributed by atoms with E-state index in [0.717, 1.165) is 43.6 Å². The average molecular weight is 328 g/mol. The van der Waals surface area contributed by atoms with Crippen molar-refractivity contribution in [1.29, 1.82) is 0 Å². The van der Waals surface area contributed by atoms with Crippen LogP contribution in [0.25, 0.3) is 11.0 Å². The van der Waals surface area contributed by atoms with Crippen molar-refractivity contribution in [2.24, 2.45) is 0 Å². The van der Waals surface area contributed by atoms with Crippen molar-refractivity contribution in [3.05, 3.63) is 29.6 Å². The number of amides is 1. The summed E-state index contributed by atoms with van der Waals surface area (Å²) in [6.45, 7) is 8.92. The Labute approximate surface area is 144 Å². The molecule has 0 fully saturated rings. The summed E-state index contributed by atoms with van der Waals surface area (Å²) in [6, 6.07) is 5.91. The quantitative estimate of drug-likeness (QED) is 0.887. The molecule has 5 heteroatoms. The van der Waals surface area contributed by atoms with Gasteiger partial charge in [-0.05, 0) is 44.1 Å². The minimum atomic E-state index is -0.00718. The highest BCUT2D eigenvalue weighted by Crippen LogP contribution is 2.22. The van der Waals surface area contributed by atoms with E-state index in [1.54, 1.807) is 0 Å². The lowest BCUT2D eigenvalue weighted by atomic mass is 10.2. The molecule has 1 aromatic carbocycles. The minimum Gasteiger partial charge on any atom is -0.351 e. The molecule has 0 unspecified atom stereocenters. The minimum absolute atomic E-state index is 0.00718. The van der Waals surface area contributed by atoms with Crippen LogP contribution >= 0.6 is 0 Å². The highest BCUT2D eigenvalue weighted by atomic mass is 16.1. The molecule has 0 bridgehead atoms. The van der Waals surface area contributed by atoms with Crippen molar-refractivity contribution < 1.29 is 4.79 Å². The molecule has 24 heavy (non-hydrogen) atoms. The fourth-order valence-corrected chi connectivity index (χ4v) is 3.46. The van der Waals surface area contributed by atoms with Crippen LogP contribution in [0.15, 0.2) is 18.2 Å². The molecular weight excluding hydrogens is 300 g/mol. The Hall–Kier alpha value is -1.88. The van der Waals surface area contributed by atoms with Gasteiger partial charge in [0.05, 0.1) is 11.0 Å². The van der Waals surface area contributed by atoms with E-state index in [9.17, 15) is 4.79 Å². The van der Waals surface area contributed by atoms with Crippen LogP contribution < -0.4 is 5.32 Å². The van der Waals surface area contributed by atoms with E-state index in [4.69, 9.17) is 4.98 Å². The molecule has 0 saturated carbocycles. The topological polar surface area (TPSA) is 50.2 Å². The highest BCUT2D eigenvalue weighted by Gasteiger charge is 2.15. The number of aromatic nitrogens is 2. The van der Waals surface area contributed by atoms with Gasteiger partial charge in [-0.1, -0.05) is 20.3 Å². The Bertz CT molecular complexity index is 703. The molecule has 0 aliphatic carbocycles. The number of carbonyl (C=O) groups is 1. The lowest BCUT2D eigenvalue weighted by Crippen LogP contribution is -2.34. The molecule has 0 atom stereocenters. The fourth-order valence-electron chi connectivity index (χ4n) is 3.46. The van der Waals surface area contributed by atoms with Crippen LogP contribution in [0.2, 0.25) is 0 Å². The molecule has 2 aromatic rings. The maximum atomic E-state index is 12.4. The molecule has 130 valence electrons. The van der Waals surface area contributed by atoms with Crippen molar-refractivity contribution in [3.8, 4) is 0 Å². The largest absolute Gasteiger partial charge is 0.351 e. The van der Waals surface area contributed by atoms with E-state index < -0.39 is 0 Å². The van der Waals surface area contributed by atoms with E-state index >= 15 is 0 Å². The smallest absolute Gasteiger partial charge is 0.251 e. The predicted molar refractivity (Wildman–Crippen MR) is 97.4 cm³/mol. The number of rotatable bonds is 6. The van der Waals surface area contributed by atoms with Gasteiger partial charge in [-0.15, -0.1) is 0 Å². The van der Waals surface area contributed by atoms with E-state index in [0.29, 0.717) is 12.1 Å². The Morgan fingerprint density at radius 1 is 1.25 bits per heavy atom. The Morgan fingerprint density at radius 2 is 2.08 bits per heavy atom. The monoisotopic (exact) mass is 328 g/mol.